The third-order valence-electron chi connectivity index (χ3n) is 12.5. The molecule has 4 fully saturated rings. The van der Waals surface area contributed by atoms with E-state index >= 15 is 0 Å². The Morgan fingerprint density at radius 1 is 1.04 bits per heavy atom. The van der Waals surface area contributed by atoms with E-state index in [9.17, 15) is 32.4 Å². The molecule has 6 atom stereocenters. The van der Waals surface area contributed by atoms with Crippen LogP contribution in [-0.4, -0.2) is 79.2 Å². The zero-order chi connectivity index (χ0) is 36.4. The Labute approximate surface area is 294 Å². The normalized spacial score (nSPS) is 28.2. The molecule has 4 rings (SSSR count). The van der Waals surface area contributed by atoms with Gasteiger partial charge in [-0.3, -0.25) is 24.0 Å². The predicted molar refractivity (Wildman–Crippen MR) is 189 cm³/mol. The lowest BCUT2D eigenvalue weighted by atomic mass is 9.67. The molecule has 4 aliphatic rings. The number of Topliss-reactive ketones (excluding diaryl/α,β-unsaturated/α-hetero) is 4. The van der Waals surface area contributed by atoms with E-state index in [-0.39, 0.29) is 79.4 Å². The van der Waals surface area contributed by atoms with E-state index < -0.39 is 55.4 Å². The van der Waals surface area contributed by atoms with Crippen LogP contribution < -0.4 is 0 Å². The molecule has 10 heteroatoms. The van der Waals surface area contributed by atoms with Crippen molar-refractivity contribution in [2.45, 2.75) is 136 Å². The Bertz CT molecular complexity index is 1390. The molecule has 1 amide bonds. The van der Waals surface area contributed by atoms with E-state index in [1.807, 2.05) is 27.7 Å². The second-order valence-corrected chi connectivity index (χ2v) is 19.5. The Balaban J connectivity index is 1.56. The predicted octanol–water partition coefficient (Wildman–Crippen LogP) is 6.12. The summed E-state index contributed by atoms with van der Waals surface area (Å²) >= 11 is 0. The van der Waals surface area contributed by atoms with Crippen LogP contribution in [-0.2, 0) is 38.5 Å². The summed E-state index contributed by atoms with van der Waals surface area (Å²) in [7, 11) is -3.41. The number of carbonyl (C=O) groups is 5. The van der Waals surface area contributed by atoms with Crippen LogP contribution in [0.2, 0.25) is 0 Å². The number of nitrogens with zero attached hydrogens (tertiary/aromatic N) is 1. The minimum atomic E-state index is -3.41. The number of ether oxygens (including phenoxy) is 1. The van der Waals surface area contributed by atoms with Crippen molar-refractivity contribution in [1.29, 1.82) is 0 Å². The van der Waals surface area contributed by atoms with Crippen molar-refractivity contribution in [1.82, 2.24) is 4.90 Å². The molecule has 2 aliphatic heterocycles. The van der Waals surface area contributed by atoms with E-state index in [0.717, 1.165) is 25.7 Å². The molecule has 0 aromatic heterocycles. The molecule has 49 heavy (non-hydrogen) atoms. The van der Waals surface area contributed by atoms with Gasteiger partial charge in [-0.2, -0.15) is 0 Å². The van der Waals surface area contributed by atoms with Crippen molar-refractivity contribution in [3.8, 4) is 0 Å². The highest BCUT2D eigenvalue weighted by Crippen LogP contribution is 2.65. The van der Waals surface area contributed by atoms with Gasteiger partial charge in [-0.25, -0.2) is 8.42 Å². The number of likely N-dealkylation sites (tertiary alicyclic amines) is 1. The van der Waals surface area contributed by atoms with Crippen molar-refractivity contribution in [2.24, 2.45) is 39.9 Å². The van der Waals surface area contributed by atoms with E-state index in [4.69, 9.17) is 4.74 Å². The summed E-state index contributed by atoms with van der Waals surface area (Å²) in [6, 6.07) is -0.707. The van der Waals surface area contributed by atoms with E-state index in [1.54, 1.807) is 11.0 Å². The van der Waals surface area contributed by atoms with Crippen molar-refractivity contribution < 1.29 is 37.1 Å². The quantitative estimate of drug-likeness (QED) is 0.131. The maximum atomic E-state index is 14.6. The smallest absolute Gasteiger partial charge is 0.227 e. The van der Waals surface area contributed by atoms with Crippen LogP contribution in [0.1, 0.15) is 125 Å². The monoisotopic (exact) mass is 703 g/mol. The number of hydrogen-bond acceptors (Lipinski definition) is 8. The highest BCUT2D eigenvalue weighted by Gasteiger charge is 2.69. The van der Waals surface area contributed by atoms with Crippen LogP contribution in [0, 0.1) is 39.9 Å². The number of hydrogen-bond donors (Lipinski definition) is 0. The van der Waals surface area contributed by atoms with Gasteiger partial charge in [0.25, 0.3) is 0 Å². The Morgan fingerprint density at radius 3 is 2.31 bits per heavy atom. The summed E-state index contributed by atoms with van der Waals surface area (Å²) in [6.45, 7) is 16.4. The van der Waals surface area contributed by atoms with Gasteiger partial charge in [-0.05, 0) is 53.8 Å². The number of amides is 1. The van der Waals surface area contributed by atoms with Gasteiger partial charge in [0, 0.05) is 44.1 Å². The Morgan fingerprint density at radius 2 is 1.71 bits per heavy atom. The highest BCUT2D eigenvalue weighted by atomic mass is 32.2. The standard InChI is InChI=1S/C39H61NO8S/c1-8-10-15-26(35(44)30(42)16-11-9-2)21-31(43)34-33-29(38(33,6)7)24-40(34)36(45)28(37(3,4)5)22-27(41)23-39(17-13-12-14-18-39)32-25-48-19-20-49(32,46)47/h9,26,28-29,32-34H,2,8,10-25H2,1,3-7H3/t26-,28-,29+,32?,33+,34-/m1/s1. The summed E-state index contributed by atoms with van der Waals surface area (Å²) in [4.78, 5) is 70.5. The molecule has 0 spiro atoms. The van der Waals surface area contributed by atoms with Gasteiger partial charge >= 0.3 is 0 Å². The molecule has 2 saturated heterocycles. The number of sulfone groups is 1. The fourth-order valence-corrected chi connectivity index (χ4v) is 11.3. The zero-order valence-corrected chi connectivity index (χ0v) is 31.7. The Kier molecular flexibility index (Phi) is 12.6. The maximum Gasteiger partial charge on any atom is 0.227 e. The lowest BCUT2D eigenvalue weighted by Gasteiger charge is -2.44. The first-order chi connectivity index (χ1) is 22.9. The van der Waals surface area contributed by atoms with Crippen LogP contribution in [0.25, 0.3) is 0 Å². The first-order valence-electron chi connectivity index (χ1n) is 18.7. The van der Waals surface area contributed by atoms with Gasteiger partial charge in [0.2, 0.25) is 11.7 Å². The second-order valence-electron chi connectivity index (χ2n) is 17.2. The molecule has 0 aromatic carbocycles. The van der Waals surface area contributed by atoms with E-state index in [2.05, 4.69) is 20.4 Å². The SMILES string of the molecule is C=CCCC(=O)C(=O)[C@H](CCCC)CC(=O)[C@@H]1[C@@H]2[C@H](CN1C(=O)[C@@H](CC(=O)CC1(C3COCCS3(=O)=O)CCCCC1)C(C)(C)C)C2(C)C. The topological polar surface area (TPSA) is 132 Å². The molecule has 276 valence electrons. The van der Waals surface area contributed by atoms with Crippen LogP contribution in [0.5, 0.6) is 0 Å². The van der Waals surface area contributed by atoms with Crippen LogP contribution >= 0.6 is 0 Å². The highest BCUT2D eigenvalue weighted by molar-refractivity contribution is 7.92. The van der Waals surface area contributed by atoms with Gasteiger partial charge in [-0.15, -0.1) is 6.58 Å². The molecule has 0 radical (unpaired) electrons. The van der Waals surface area contributed by atoms with Crippen molar-refractivity contribution in [3.05, 3.63) is 12.7 Å². The third kappa shape index (κ3) is 8.65. The molecule has 9 nitrogen and oxygen atoms in total. The maximum absolute atomic E-state index is 14.6. The fourth-order valence-electron chi connectivity index (χ4n) is 9.30. The van der Waals surface area contributed by atoms with Crippen molar-refractivity contribution in [3.63, 3.8) is 0 Å². The number of carbonyl (C=O) groups excluding carboxylic acids is 5. The molecule has 2 aliphatic carbocycles. The van der Waals surface area contributed by atoms with Gasteiger partial charge in [0.1, 0.15) is 5.78 Å². The molecule has 2 heterocycles. The zero-order valence-electron chi connectivity index (χ0n) is 30.9. The molecule has 0 aromatic rings. The summed E-state index contributed by atoms with van der Waals surface area (Å²) in [6.07, 6.45) is 8.09. The van der Waals surface area contributed by atoms with E-state index in [1.165, 1.54) is 0 Å². The van der Waals surface area contributed by atoms with Crippen LogP contribution in [0.15, 0.2) is 12.7 Å². The molecule has 0 N–H and O–H groups in total. The Hall–Kier alpha value is -2.20. The summed E-state index contributed by atoms with van der Waals surface area (Å²) in [5, 5.41) is -0.719. The third-order valence-corrected chi connectivity index (χ3v) is 14.7. The van der Waals surface area contributed by atoms with Gasteiger partial charge in [-0.1, -0.05) is 79.7 Å². The van der Waals surface area contributed by atoms with E-state index in [0.29, 0.717) is 38.6 Å². The number of allylic oxidation sites excluding steroid dienone is 1. The molecular formula is C39H61NO8S. The minimum Gasteiger partial charge on any atom is -0.379 e. The van der Waals surface area contributed by atoms with Crippen molar-refractivity contribution >= 4 is 38.9 Å². The minimum absolute atomic E-state index is 0.0245. The first-order valence-corrected chi connectivity index (χ1v) is 20.4. The number of unbranched alkanes of at least 4 members (excludes halogenated alkanes) is 1. The molecule has 2 saturated carbocycles. The number of rotatable bonds is 17. The van der Waals surface area contributed by atoms with Gasteiger partial charge < -0.3 is 9.64 Å². The summed E-state index contributed by atoms with van der Waals surface area (Å²) in [5.74, 6) is -2.86. The number of ketones is 4. The fraction of sp³-hybridized carbons (Fsp3) is 0.821. The van der Waals surface area contributed by atoms with Gasteiger partial charge in [0.15, 0.2) is 21.4 Å². The first kappa shape index (κ1) is 39.6. The molecule has 1 unspecified atom stereocenters. The summed E-state index contributed by atoms with van der Waals surface area (Å²) in [5.41, 5.74) is -1.42. The van der Waals surface area contributed by atoms with Crippen LogP contribution in [0.3, 0.4) is 0 Å². The van der Waals surface area contributed by atoms with Gasteiger partial charge in [0.05, 0.1) is 30.3 Å². The van der Waals surface area contributed by atoms with Crippen molar-refractivity contribution in [2.75, 3.05) is 25.5 Å². The molecular weight excluding hydrogens is 642 g/mol. The summed E-state index contributed by atoms with van der Waals surface area (Å²) < 4.78 is 32.2. The molecule has 0 bridgehead atoms. The lowest BCUT2D eigenvalue weighted by molar-refractivity contribution is -0.148. The number of fused-ring (bicyclic) bond motifs is 1. The second kappa shape index (κ2) is 15.6. The number of piperidine rings is 1. The average molecular weight is 704 g/mol. The van der Waals surface area contributed by atoms with Crippen LogP contribution in [0.4, 0.5) is 0 Å². The lowest BCUT2D eigenvalue weighted by Crippen LogP contribution is -2.52. The largest absolute Gasteiger partial charge is 0.379 e. The average Bonchev–Trinajstić information content (AvgIpc) is 3.33.